The maximum Gasteiger partial charge on any atom is 0.259 e. The summed E-state index contributed by atoms with van der Waals surface area (Å²) in [6.45, 7) is -0.514. The number of amides is 1. The van der Waals surface area contributed by atoms with E-state index < -0.39 is 18.6 Å². The van der Waals surface area contributed by atoms with Crippen molar-refractivity contribution in [3.05, 3.63) is 65.1 Å². The van der Waals surface area contributed by atoms with Gasteiger partial charge in [0.15, 0.2) is 5.76 Å². The van der Waals surface area contributed by atoms with Crippen LogP contribution >= 0.6 is 11.6 Å². The van der Waals surface area contributed by atoms with Crippen LogP contribution in [0.5, 0.6) is 11.5 Å². The highest BCUT2D eigenvalue weighted by molar-refractivity contribution is 6.33. The minimum absolute atomic E-state index is 0.198. The molecule has 3 aromatic rings. The van der Waals surface area contributed by atoms with Gasteiger partial charge in [0.1, 0.15) is 35.6 Å². The molecular formula is C24H26ClFN4O4. The number of hydrogen-bond donors (Lipinski definition) is 3. The summed E-state index contributed by atoms with van der Waals surface area (Å²) in [5.74, 6) is 0.845. The summed E-state index contributed by atoms with van der Waals surface area (Å²) < 4.78 is 29.2. The molecule has 0 bridgehead atoms. The summed E-state index contributed by atoms with van der Waals surface area (Å²) in [5, 5.41) is 13.5. The zero-order chi connectivity index (χ0) is 24.5. The van der Waals surface area contributed by atoms with Crippen LogP contribution in [0.1, 0.15) is 35.1 Å². The highest BCUT2D eigenvalue weighted by Gasteiger charge is 2.25. The normalized spacial score (nSPS) is 11.5. The number of carbonyl (C=O) groups excluding carboxylic acids is 1. The topological polar surface area (TPSA) is 109 Å². The molecule has 2 aromatic carbocycles. The highest BCUT2D eigenvalue weighted by atomic mass is 35.5. The summed E-state index contributed by atoms with van der Waals surface area (Å²) in [6.07, 6.45) is 2.48. The van der Waals surface area contributed by atoms with Crippen molar-refractivity contribution in [3.63, 3.8) is 0 Å². The van der Waals surface area contributed by atoms with E-state index in [0.717, 1.165) is 0 Å². The molecule has 3 N–H and O–H groups in total. The van der Waals surface area contributed by atoms with Gasteiger partial charge in [0.25, 0.3) is 5.91 Å². The average molecular weight is 489 g/mol. The lowest BCUT2D eigenvalue weighted by atomic mass is 10.1. The Morgan fingerprint density at radius 3 is 2.53 bits per heavy atom. The van der Waals surface area contributed by atoms with Gasteiger partial charge in [-0.15, -0.1) is 0 Å². The van der Waals surface area contributed by atoms with Crippen molar-refractivity contribution < 1.29 is 23.1 Å². The largest absolute Gasteiger partial charge is 0.496 e. The molecule has 34 heavy (non-hydrogen) atoms. The van der Waals surface area contributed by atoms with Gasteiger partial charge in [0.2, 0.25) is 5.89 Å². The smallest absolute Gasteiger partial charge is 0.259 e. The van der Waals surface area contributed by atoms with Gasteiger partial charge >= 0.3 is 0 Å². The number of benzene rings is 2. The number of amidine groups is 1. The van der Waals surface area contributed by atoms with Crippen LogP contribution in [-0.4, -0.2) is 44.2 Å². The van der Waals surface area contributed by atoms with Crippen molar-refractivity contribution in [2.45, 2.75) is 18.9 Å². The molecule has 0 saturated carbocycles. The lowest BCUT2D eigenvalue weighted by molar-refractivity contribution is 0.0921. The van der Waals surface area contributed by atoms with Crippen LogP contribution < -0.4 is 20.1 Å². The first kappa shape index (κ1) is 25.0. The minimum atomic E-state index is -0.866. The molecule has 8 nitrogen and oxygen atoms in total. The van der Waals surface area contributed by atoms with Gasteiger partial charge in [0.05, 0.1) is 25.4 Å². The van der Waals surface area contributed by atoms with Crippen LogP contribution in [0.3, 0.4) is 0 Å². The summed E-state index contributed by atoms with van der Waals surface area (Å²) in [4.78, 5) is 17.6. The van der Waals surface area contributed by atoms with Crippen LogP contribution in [0.4, 0.5) is 4.39 Å². The number of oxazole rings is 1. The van der Waals surface area contributed by atoms with E-state index in [0.29, 0.717) is 47.2 Å². The van der Waals surface area contributed by atoms with E-state index >= 15 is 0 Å². The predicted molar refractivity (Wildman–Crippen MR) is 128 cm³/mol. The molecule has 3 rings (SSSR count). The van der Waals surface area contributed by atoms with Gasteiger partial charge < -0.3 is 24.5 Å². The molecule has 0 saturated heterocycles. The summed E-state index contributed by atoms with van der Waals surface area (Å²) >= 11 is 6.28. The van der Waals surface area contributed by atoms with Gasteiger partial charge in [-0.05, 0) is 37.1 Å². The molecule has 10 heteroatoms. The summed E-state index contributed by atoms with van der Waals surface area (Å²) in [5.41, 5.74) is 0.921. The van der Waals surface area contributed by atoms with Gasteiger partial charge in [-0.1, -0.05) is 29.8 Å². The Morgan fingerprint density at radius 2 is 1.88 bits per heavy atom. The SMILES string of the molecule is COc1cccc(OC)c1C(=O)N[C@@H](CCCNC(=N)CF)c1ncc(-c2ccccc2Cl)o1. The number of alkyl halides is 1. The fraction of sp³-hybridized carbons (Fsp3) is 0.292. The monoisotopic (exact) mass is 488 g/mol. The van der Waals surface area contributed by atoms with Crippen LogP contribution in [0.25, 0.3) is 11.3 Å². The van der Waals surface area contributed by atoms with E-state index in [9.17, 15) is 9.18 Å². The number of methoxy groups -OCH3 is 2. The number of halogens is 2. The number of aromatic nitrogens is 1. The number of carbonyl (C=O) groups is 1. The molecule has 0 unspecified atom stereocenters. The van der Waals surface area contributed by atoms with Crippen molar-refractivity contribution in [1.29, 1.82) is 5.41 Å². The average Bonchev–Trinajstić information content (AvgIpc) is 3.35. The first-order valence-electron chi connectivity index (χ1n) is 10.6. The van der Waals surface area contributed by atoms with E-state index in [2.05, 4.69) is 15.6 Å². The molecule has 0 spiro atoms. The molecule has 1 aromatic heterocycles. The predicted octanol–water partition coefficient (Wildman–Crippen LogP) is 4.80. The number of rotatable bonds is 11. The Kier molecular flexibility index (Phi) is 8.86. The summed E-state index contributed by atoms with van der Waals surface area (Å²) in [7, 11) is 2.94. The fourth-order valence-electron chi connectivity index (χ4n) is 3.39. The van der Waals surface area contributed by atoms with Gasteiger partial charge in [-0.25, -0.2) is 9.37 Å². The Bertz CT molecular complexity index is 1120. The molecule has 180 valence electrons. The minimum Gasteiger partial charge on any atom is -0.496 e. The second kappa shape index (κ2) is 12.0. The second-order valence-corrected chi connectivity index (χ2v) is 7.69. The Hall–Kier alpha value is -3.59. The van der Waals surface area contributed by atoms with Crippen molar-refractivity contribution in [1.82, 2.24) is 15.6 Å². The molecule has 0 radical (unpaired) electrons. The maximum atomic E-state index is 13.2. The lowest BCUT2D eigenvalue weighted by Gasteiger charge is -2.18. The van der Waals surface area contributed by atoms with Gasteiger partial charge in [-0.2, -0.15) is 0 Å². The Morgan fingerprint density at radius 1 is 1.18 bits per heavy atom. The van der Waals surface area contributed by atoms with Crippen LogP contribution in [0.2, 0.25) is 5.02 Å². The van der Waals surface area contributed by atoms with Crippen molar-refractivity contribution in [2.75, 3.05) is 27.4 Å². The van der Waals surface area contributed by atoms with Gasteiger partial charge in [0, 0.05) is 12.1 Å². The second-order valence-electron chi connectivity index (χ2n) is 7.29. The van der Waals surface area contributed by atoms with E-state index in [4.69, 9.17) is 30.9 Å². The number of nitrogens with one attached hydrogen (secondary N) is 3. The molecular weight excluding hydrogens is 463 g/mol. The van der Waals surface area contributed by atoms with Crippen molar-refractivity contribution >= 4 is 23.3 Å². The highest BCUT2D eigenvalue weighted by Crippen LogP contribution is 2.32. The standard InChI is InChI=1S/C24H26ClFN4O4/c1-32-18-10-5-11-19(33-2)22(18)23(31)30-17(9-6-12-28-21(27)13-26)24-29-14-20(34-24)15-7-3-4-8-16(15)25/h3-5,7-8,10-11,14,17H,6,9,12-13H2,1-2H3,(H2,27,28)(H,30,31)/t17-/m0/s1. The van der Waals surface area contributed by atoms with E-state index in [1.807, 2.05) is 18.2 Å². The van der Waals surface area contributed by atoms with E-state index in [1.165, 1.54) is 14.2 Å². The molecule has 1 amide bonds. The van der Waals surface area contributed by atoms with E-state index in [1.54, 1.807) is 30.5 Å². The number of ether oxygens (including phenoxy) is 2. The number of nitrogens with zero attached hydrogens (tertiary/aromatic N) is 1. The maximum absolute atomic E-state index is 13.2. The third kappa shape index (κ3) is 6.05. The van der Waals surface area contributed by atoms with Gasteiger partial charge in [-0.3, -0.25) is 10.2 Å². The fourth-order valence-corrected chi connectivity index (χ4v) is 3.62. The lowest BCUT2D eigenvalue weighted by Crippen LogP contribution is -2.31. The molecule has 0 aliphatic heterocycles. The third-order valence-electron chi connectivity index (χ3n) is 5.06. The zero-order valence-electron chi connectivity index (χ0n) is 18.9. The first-order valence-corrected chi connectivity index (χ1v) is 11.0. The molecule has 0 fully saturated rings. The third-order valence-corrected chi connectivity index (χ3v) is 5.39. The number of hydrogen-bond acceptors (Lipinski definition) is 6. The molecule has 0 aliphatic carbocycles. The Labute approximate surface area is 201 Å². The molecule has 1 atom stereocenters. The van der Waals surface area contributed by atoms with Crippen LogP contribution in [0.15, 0.2) is 53.1 Å². The van der Waals surface area contributed by atoms with Crippen molar-refractivity contribution in [2.24, 2.45) is 0 Å². The van der Waals surface area contributed by atoms with Crippen LogP contribution in [0, 0.1) is 5.41 Å². The Balaban J connectivity index is 1.85. The first-order chi connectivity index (χ1) is 16.5. The van der Waals surface area contributed by atoms with E-state index in [-0.39, 0.29) is 17.3 Å². The zero-order valence-corrected chi connectivity index (χ0v) is 19.6. The van der Waals surface area contributed by atoms with Crippen LogP contribution in [-0.2, 0) is 0 Å². The summed E-state index contributed by atoms with van der Waals surface area (Å²) in [6, 6.07) is 11.7. The molecule has 0 aliphatic rings. The molecule has 1 heterocycles. The quantitative estimate of drug-likeness (QED) is 0.203. The van der Waals surface area contributed by atoms with Crippen molar-refractivity contribution in [3.8, 4) is 22.8 Å².